The first-order valence-corrected chi connectivity index (χ1v) is 9.31. The molecule has 3 nitrogen and oxygen atoms in total. The third kappa shape index (κ3) is 3.91. The summed E-state index contributed by atoms with van der Waals surface area (Å²) in [6.45, 7) is 6.07. The molecule has 5 heteroatoms. The standard InChI is InChI=1S/C20H19ClN2OS/c1-4-18-19(22-13(3)25-18)14-6-8-15(9-7-14)20(24)23-16-10-5-12(2)17(21)11-16/h5-11H,4H2,1-3H3,(H,23,24). The summed E-state index contributed by atoms with van der Waals surface area (Å²) in [6.07, 6.45) is 0.956. The van der Waals surface area contributed by atoms with Crippen LogP contribution in [-0.2, 0) is 6.42 Å². The highest BCUT2D eigenvalue weighted by Crippen LogP contribution is 2.28. The second-order valence-electron chi connectivity index (χ2n) is 5.85. The van der Waals surface area contributed by atoms with Crippen molar-refractivity contribution in [3.8, 4) is 11.3 Å². The Morgan fingerprint density at radius 2 is 1.88 bits per heavy atom. The number of anilines is 1. The number of carbonyl (C=O) groups excluding carboxylic acids is 1. The summed E-state index contributed by atoms with van der Waals surface area (Å²) in [7, 11) is 0. The molecule has 0 aliphatic rings. The number of nitrogens with one attached hydrogen (secondary N) is 1. The lowest BCUT2D eigenvalue weighted by Crippen LogP contribution is -2.11. The Morgan fingerprint density at radius 3 is 2.52 bits per heavy atom. The van der Waals surface area contributed by atoms with Gasteiger partial charge in [0, 0.05) is 26.7 Å². The van der Waals surface area contributed by atoms with Gasteiger partial charge in [0.25, 0.3) is 5.91 Å². The van der Waals surface area contributed by atoms with Crippen molar-refractivity contribution in [3.05, 3.63) is 68.5 Å². The average Bonchev–Trinajstić information content (AvgIpc) is 2.99. The van der Waals surface area contributed by atoms with Gasteiger partial charge in [-0.1, -0.05) is 36.7 Å². The Labute approximate surface area is 156 Å². The molecule has 1 aromatic heterocycles. The molecule has 2 aromatic carbocycles. The Morgan fingerprint density at radius 1 is 1.16 bits per heavy atom. The number of benzene rings is 2. The van der Waals surface area contributed by atoms with Gasteiger partial charge in [0.15, 0.2) is 0 Å². The molecule has 0 fully saturated rings. The molecule has 3 rings (SSSR count). The summed E-state index contributed by atoms with van der Waals surface area (Å²) in [5.74, 6) is -0.156. The zero-order valence-electron chi connectivity index (χ0n) is 14.4. The maximum atomic E-state index is 12.4. The van der Waals surface area contributed by atoms with E-state index in [9.17, 15) is 4.79 Å². The minimum atomic E-state index is -0.156. The molecule has 0 unspecified atom stereocenters. The van der Waals surface area contributed by atoms with Crippen LogP contribution >= 0.6 is 22.9 Å². The van der Waals surface area contributed by atoms with E-state index < -0.39 is 0 Å². The fraction of sp³-hybridized carbons (Fsp3) is 0.200. The van der Waals surface area contributed by atoms with Crippen molar-refractivity contribution in [3.63, 3.8) is 0 Å². The Hall–Kier alpha value is -2.17. The predicted molar refractivity (Wildman–Crippen MR) is 106 cm³/mol. The first-order chi connectivity index (χ1) is 12.0. The van der Waals surface area contributed by atoms with Crippen molar-refractivity contribution in [1.29, 1.82) is 0 Å². The van der Waals surface area contributed by atoms with Gasteiger partial charge in [-0.15, -0.1) is 11.3 Å². The predicted octanol–water partition coefficient (Wildman–Crippen LogP) is 5.90. The second-order valence-corrected chi connectivity index (χ2v) is 7.55. The lowest BCUT2D eigenvalue weighted by molar-refractivity contribution is 0.102. The number of hydrogen-bond acceptors (Lipinski definition) is 3. The highest BCUT2D eigenvalue weighted by molar-refractivity contribution is 7.12. The zero-order chi connectivity index (χ0) is 18.0. The van der Waals surface area contributed by atoms with Gasteiger partial charge in [-0.3, -0.25) is 4.79 Å². The Bertz CT molecular complexity index is 916. The summed E-state index contributed by atoms with van der Waals surface area (Å²) in [6, 6.07) is 13.0. The summed E-state index contributed by atoms with van der Waals surface area (Å²) in [5.41, 5.74) is 4.33. The maximum absolute atomic E-state index is 12.4. The molecule has 0 radical (unpaired) electrons. The third-order valence-corrected chi connectivity index (χ3v) is 5.50. The number of hydrogen-bond donors (Lipinski definition) is 1. The topological polar surface area (TPSA) is 42.0 Å². The van der Waals surface area contributed by atoms with E-state index in [1.807, 2.05) is 50.2 Å². The number of aryl methyl sites for hydroxylation is 3. The molecule has 1 amide bonds. The van der Waals surface area contributed by atoms with E-state index in [1.54, 1.807) is 17.4 Å². The van der Waals surface area contributed by atoms with E-state index in [2.05, 4.69) is 17.2 Å². The van der Waals surface area contributed by atoms with E-state index in [4.69, 9.17) is 11.6 Å². The van der Waals surface area contributed by atoms with Gasteiger partial charge >= 0.3 is 0 Å². The highest BCUT2D eigenvalue weighted by Gasteiger charge is 2.12. The molecule has 3 aromatic rings. The molecule has 128 valence electrons. The fourth-order valence-corrected chi connectivity index (χ4v) is 3.67. The minimum absolute atomic E-state index is 0.156. The van der Waals surface area contributed by atoms with Crippen molar-refractivity contribution >= 4 is 34.5 Å². The highest BCUT2D eigenvalue weighted by atomic mass is 35.5. The van der Waals surface area contributed by atoms with Gasteiger partial charge in [-0.05, 0) is 50.1 Å². The largest absolute Gasteiger partial charge is 0.322 e. The normalized spacial score (nSPS) is 10.7. The minimum Gasteiger partial charge on any atom is -0.322 e. The molecule has 0 aliphatic carbocycles. The third-order valence-electron chi connectivity index (χ3n) is 3.98. The number of rotatable bonds is 4. The fourth-order valence-electron chi connectivity index (χ4n) is 2.59. The molecule has 0 aliphatic heterocycles. The van der Waals surface area contributed by atoms with E-state index in [1.165, 1.54) is 4.88 Å². The smallest absolute Gasteiger partial charge is 0.255 e. The monoisotopic (exact) mass is 370 g/mol. The first-order valence-electron chi connectivity index (χ1n) is 8.12. The number of amides is 1. The van der Waals surface area contributed by atoms with Gasteiger partial charge in [0.2, 0.25) is 0 Å². The van der Waals surface area contributed by atoms with E-state index in [0.29, 0.717) is 16.3 Å². The maximum Gasteiger partial charge on any atom is 0.255 e. The molecule has 0 spiro atoms. The van der Waals surface area contributed by atoms with E-state index >= 15 is 0 Å². The van der Waals surface area contributed by atoms with Gasteiger partial charge in [-0.25, -0.2) is 4.98 Å². The first kappa shape index (κ1) is 17.6. The van der Waals surface area contributed by atoms with Crippen LogP contribution in [0.4, 0.5) is 5.69 Å². The number of halogens is 1. The van der Waals surface area contributed by atoms with Crippen LogP contribution < -0.4 is 5.32 Å². The van der Waals surface area contributed by atoms with Crippen LogP contribution in [-0.4, -0.2) is 10.9 Å². The Balaban J connectivity index is 1.79. The van der Waals surface area contributed by atoms with E-state index in [0.717, 1.165) is 28.2 Å². The van der Waals surface area contributed by atoms with Crippen molar-refractivity contribution < 1.29 is 4.79 Å². The van der Waals surface area contributed by atoms with Crippen molar-refractivity contribution in [2.45, 2.75) is 27.2 Å². The molecule has 0 bridgehead atoms. The van der Waals surface area contributed by atoms with Crippen LogP contribution in [0.5, 0.6) is 0 Å². The molecule has 1 heterocycles. The van der Waals surface area contributed by atoms with Gasteiger partial charge in [0.1, 0.15) is 0 Å². The summed E-state index contributed by atoms with van der Waals surface area (Å²) < 4.78 is 0. The molecule has 1 N–H and O–H groups in total. The lowest BCUT2D eigenvalue weighted by atomic mass is 10.1. The number of thiazole rings is 1. The SMILES string of the molecule is CCc1sc(C)nc1-c1ccc(C(=O)Nc2ccc(C)c(Cl)c2)cc1. The molecule has 0 saturated carbocycles. The molecular formula is C20H19ClN2OS. The lowest BCUT2D eigenvalue weighted by Gasteiger charge is -2.08. The summed E-state index contributed by atoms with van der Waals surface area (Å²) in [4.78, 5) is 18.3. The van der Waals surface area contributed by atoms with Crippen LogP contribution in [0.15, 0.2) is 42.5 Å². The Kier molecular flexibility index (Phi) is 5.21. The second kappa shape index (κ2) is 7.38. The molecule has 25 heavy (non-hydrogen) atoms. The van der Waals surface area contributed by atoms with Crippen molar-refractivity contribution in [2.24, 2.45) is 0 Å². The number of nitrogens with zero attached hydrogens (tertiary/aromatic N) is 1. The van der Waals surface area contributed by atoms with Crippen LogP contribution in [0.1, 0.15) is 32.7 Å². The summed E-state index contributed by atoms with van der Waals surface area (Å²) in [5, 5.41) is 4.57. The summed E-state index contributed by atoms with van der Waals surface area (Å²) >= 11 is 7.83. The van der Waals surface area contributed by atoms with Gasteiger partial charge < -0.3 is 5.32 Å². The number of carbonyl (C=O) groups is 1. The zero-order valence-corrected chi connectivity index (χ0v) is 16.0. The van der Waals surface area contributed by atoms with Crippen LogP contribution in [0, 0.1) is 13.8 Å². The molecule has 0 atom stereocenters. The number of aromatic nitrogens is 1. The van der Waals surface area contributed by atoms with Crippen molar-refractivity contribution in [2.75, 3.05) is 5.32 Å². The average molecular weight is 371 g/mol. The van der Waals surface area contributed by atoms with E-state index in [-0.39, 0.29) is 5.91 Å². The van der Waals surface area contributed by atoms with Crippen LogP contribution in [0.25, 0.3) is 11.3 Å². The van der Waals surface area contributed by atoms with Crippen LogP contribution in [0.3, 0.4) is 0 Å². The van der Waals surface area contributed by atoms with Crippen molar-refractivity contribution in [1.82, 2.24) is 4.98 Å². The van der Waals surface area contributed by atoms with Gasteiger partial charge in [0.05, 0.1) is 10.7 Å². The van der Waals surface area contributed by atoms with Crippen LogP contribution in [0.2, 0.25) is 5.02 Å². The van der Waals surface area contributed by atoms with Gasteiger partial charge in [-0.2, -0.15) is 0 Å². The molecule has 0 saturated heterocycles. The molecular weight excluding hydrogens is 352 g/mol. The quantitative estimate of drug-likeness (QED) is 0.621.